The van der Waals surface area contributed by atoms with Crippen LogP contribution in [0.15, 0.2) is 25.6 Å². The summed E-state index contributed by atoms with van der Waals surface area (Å²) in [5.74, 6) is -1.52. The molecule has 11 heteroatoms. The minimum atomic E-state index is -0.654. The summed E-state index contributed by atoms with van der Waals surface area (Å²) >= 11 is 3.25. The van der Waals surface area contributed by atoms with Crippen LogP contribution >= 0.6 is 15.9 Å². The number of carbonyl (C=O) groups is 2. The first kappa shape index (κ1) is 21.9. The second-order valence-electron chi connectivity index (χ2n) is 6.51. The number of hydrogen-bond acceptors (Lipinski definition) is 8. The minimum Gasteiger partial charge on any atom is -0.493 e. The molecule has 1 aliphatic rings. The number of aromatic nitrogens is 1. The standard InChI is InChI=1S/C20H15BrN6O4/c1-4-26-17(28)11-6-10(7-22)16(14(21)13(11)19(26)30)25-24-15-9(3)12(8-23)18(29)27(5-2)20(15)31/h6,31H,4-5H2,1-3H3/b25-24+. The van der Waals surface area contributed by atoms with Gasteiger partial charge in [-0.1, -0.05) is 0 Å². The van der Waals surface area contributed by atoms with Crippen molar-refractivity contribution in [2.45, 2.75) is 27.3 Å². The van der Waals surface area contributed by atoms with Crippen molar-refractivity contribution in [1.82, 2.24) is 9.47 Å². The Bertz CT molecular complexity index is 1330. The number of rotatable bonds is 4. The molecule has 0 unspecified atom stereocenters. The smallest absolute Gasteiger partial charge is 0.271 e. The molecule has 0 saturated carbocycles. The van der Waals surface area contributed by atoms with Gasteiger partial charge in [-0.25, -0.2) is 0 Å². The Morgan fingerprint density at radius 2 is 1.71 bits per heavy atom. The Morgan fingerprint density at radius 3 is 2.26 bits per heavy atom. The molecule has 0 fully saturated rings. The van der Waals surface area contributed by atoms with Crippen molar-refractivity contribution in [2.75, 3.05) is 6.54 Å². The van der Waals surface area contributed by atoms with Crippen molar-refractivity contribution < 1.29 is 14.7 Å². The summed E-state index contributed by atoms with van der Waals surface area (Å²) in [6.07, 6.45) is 0. The van der Waals surface area contributed by atoms with Gasteiger partial charge in [-0.3, -0.25) is 23.9 Å². The molecule has 156 valence electrons. The largest absolute Gasteiger partial charge is 0.493 e. The minimum absolute atomic E-state index is 0.0186. The number of azo groups is 1. The van der Waals surface area contributed by atoms with Crippen molar-refractivity contribution in [2.24, 2.45) is 10.2 Å². The Hall–Kier alpha value is -3.83. The summed E-state index contributed by atoms with van der Waals surface area (Å²) in [4.78, 5) is 38.4. The fourth-order valence-electron chi connectivity index (χ4n) is 3.31. The van der Waals surface area contributed by atoms with Gasteiger partial charge in [-0.05, 0) is 42.8 Å². The van der Waals surface area contributed by atoms with E-state index >= 15 is 0 Å². The van der Waals surface area contributed by atoms with Crippen LogP contribution in [-0.4, -0.2) is 32.9 Å². The number of imide groups is 1. The lowest BCUT2D eigenvalue weighted by molar-refractivity contribution is 0.0662. The van der Waals surface area contributed by atoms with Crippen LogP contribution in [0.2, 0.25) is 0 Å². The molecule has 2 heterocycles. The van der Waals surface area contributed by atoms with Gasteiger partial charge < -0.3 is 5.11 Å². The molecule has 0 aliphatic carbocycles. The number of carbonyl (C=O) groups excluding carboxylic acids is 2. The SMILES string of the molecule is CCN1C(=O)c2cc(C#N)c(/N=N/c3c(C)c(C#N)c(=O)n(CC)c3O)c(Br)c2C1=O. The summed E-state index contributed by atoms with van der Waals surface area (Å²) in [5.41, 5.74) is -0.733. The highest BCUT2D eigenvalue weighted by atomic mass is 79.9. The molecular formula is C20H15BrN6O4. The van der Waals surface area contributed by atoms with Crippen molar-refractivity contribution >= 4 is 39.1 Å². The number of aromatic hydroxyl groups is 1. The molecule has 0 spiro atoms. The van der Waals surface area contributed by atoms with Crippen molar-refractivity contribution in [3.63, 3.8) is 0 Å². The zero-order valence-corrected chi connectivity index (χ0v) is 18.3. The summed E-state index contributed by atoms with van der Waals surface area (Å²) in [7, 11) is 0. The van der Waals surface area contributed by atoms with E-state index in [0.717, 1.165) is 9.47 Å². The van der Waals surface area contributed by atoms with E-state index in [2.05, 4.69) is 26.2 Å². The quantitative estimate of drug-likeness (QED) is 0.520. The molecule has 0 bridgehead atoms. The molecule has 1 N–H and O–H groups in total. The number of halogens is 1. The number of nitrogens with zero attached hydrogens (tertiary/aromatic N) is 6. The summed E-state index contributed by atoms with van der Waals surface area (Å²) in [6, 6.07) is 4.99. The molecule has 1 aromatic carbocycles. The predicted octanol–water partition coefficient (Wildman–Crippen LogP) is 3.42. The molecule has 31 heavy (non-hydrogen) atoms. The Kier molecular flexibility index (Phi) is 5.73. The third kappa shape index (κ3) is 3.20. The summed E-state index contributed by atoms with van der Waals surface area (Å²) in [5, 5.41) is 37.3. The average Bonchev–Trinajstić information content (AvgIpc) is 2.99. The van der Waals surface area contributed by atoms with Gasteiger partial charge in [0, 0.05) is 18.7 Å². The first-order valence-electron chi connectivity index (χ1n) is 9.14. The molecular weight excluding hydrogens is 468 g/mol. The van der Waals surface area contributed by atoms with E-state index in [1.54, 1.807) is 19.9 Å². The number of nitriles is 2. The van der Waals surface area contributed by atoms with E-state index in [-0.39, 0.29) is 56.8 Å². The van der Waals surface area contributed by atoms with Gasteiger partial charge in [-0.2, -0.15) is 10.5 Å². The lowest BCUT2D eigenvalue weighted by atomic mass is 10.0. The molecule has 1 aliphatic heterocycles. The molecule has 0 atom stereocenters. The normalized spacial score (nSPS) is 12.9. The number of fused-ring (bicyclic) bond motifs is 1. The van der Waals surface area contributed by atoms with Gasteiger partial charge in [-0.15, -0.1) is 10.2 Å². The second-order valence-corrected chi connectivity index (χ2v) is 7.30. The first-order chi connectivity index (χ1) is 14.7. The third-order valence-electron chi connectivity index (χ3n) is 4.95. The van der Waals surface area contributed by atoms with Gasteiger partial charge in [0.1, 0.15) is 23.4 Å². The van der Waals surface area contributed by atoms with Crippen molar-refractivity contribution in [1.29, 1.82) is 10.5 Å². The molecule has 1 aromatic heterocycles. The fraction of sp³-hybridized carbons (Fsp3) is 0.250. The van der Waals surface area contributed by atoms with E-state index in [1.807, 2.05) is 6.07 Å². The molecule has 0 saturated heterocycles. The lowest BCUT2D eigenvalue weighted by Crippen LogP contribution is -2.29. The highest BCUT2D eigenvalue weighted by Crippen LogP contribution is 2.41. The van der Waals surface area contributed by atoms with E-state index in [1.165, 1.54) is 13.0 Å². The zero-order valence-electron chi connectivity index (χ0n) is 16.7. The zero-order chi connectivity index (χ0) is 23.0. The van der Waals surface area contributed by atoms with Crippen molar-refractivity contribution in [3.8, 4) is 18.0 Å². The van der Waals surface area contributed by atoms with Crippen LogP contribution in [0.3, 0.4) is 0 Å². The van der Waals surface area contributed by atoms with Crippen LogP contribution in [0.4, 0.5) is 11.4 Å². The average molecular weight is 483 g/mol. The maximum absolute atomic E-state index is 12.6. The molecule has 3 rings (SSSR count). The highest BCUT2D eigenvalue weighted by molar-refractivity contribution is 9.10. The van der Waals surface area contributed by atoms with Crippen LogP contribution in [0.25, 0.3) is 0 Å². The van der Waals surface area contributed by atoms with Gasteiger partial charge in [0.05, 0.1) is 21.2 Å². The summed E-state index contributed by atoms with van der Waals surface area (Å²) < 4.78 is 1.09. The summed E-state index contributed by atoms with van der Waals surface area (Å²) in [6.45, 7) is 4.98. The van der Waals surface area contributed by atoms with E-state index < -0.39 is 23.3 Å². The molecule has 2 amide bonds. The van der Waals surface area contributed by atoms with Crippen LogP contribution in [0.1, 0.15) is 51.3 Å². The first-order valence-corrected chi connectivity index (χ1v) is 9.93. The molecule has 2 aromatic rings. The van der Waals surface area contributed by atoms with E-state index in [0.29, 0.717) is 0 Å². The maximum atomic E-state index is 12.6. The maximum Gasteiger partial charge on any atom is 0.271 e. The van der Waals surface area contributed by atoms with Gasteiger partial charge in [0.2, 0.25) is 5.88 Å². The van der Waals surface area contributed by atoms with E-state index in [9.17, 15) is 30.0 Å². The Balaban J connectivity index is 2.25. The second kappa shape index (κ2) is 8.13. The fourth-order valence-corrected chi connectivity index (χ4v) is 3.99. The molecule has 10 nitrogen and oxygen atoms in total. The van der Waals surface area contributed by atoms with Crippen LogP contribution in [-0.2, 0) is 6.54 Å². The Morgan fingerprint density at radius 1 is 1.06 bits per heavy atom. The van der Waals surface area contributed by atoms with E-state index in [4.69, 9.17) is 0 Å². The number of pyridine rings is 1. The van der Waals surface area contributed by atoms with Gasteiger partial charge >= 0.3 is 0 Å². The topological polar surface area (TPSA) is 152 Å². The number of benzene rings is 1. The van der Waals surface area contributed by atoms with Crippen LogP contribution in [0.5, 0.6) is 5.88 Å². The molecule has 0 radical (unpaired) electrons. The highest BCUT2D eigenvalue weighted by Gasteiger charge is 2.38. The third-order valence-corrected chi connectivity index (χ3v) is 5.72. The predicted molar refractivity (Wildman–Crippen MR) is 112 cm³/mol. The monoisotopic (exact) mass is 482 g/mol. The van der Waals surface area contributed by atoms with Crippen LogP contribution < -0.4 is 5.56 Å². The number of amides is 2. The van der Waals surface area contributed by atoms with Crippen LogP contribution in [0, 0.1) is 29.6 Å². The van der Waals surface area contributed by atoms with Gasteiger partial charge in [0.15, 0.2) is 5.69 Å². The van der Waals surface area contributed by atoms with Crippen molar-refractivity contribution in [3.05, 3.63) is 48.7 Å². The number of hydrogen-bond donors (Lipinski definition) is 1. The Labute approximate surface area is 184 Å². The lowest BCUT2D eigenvalue weighted by Gasteiger charge is -2.11. The van der Waals surface area contributed by atoms with Gasteiger partial charge in [0.25, 0.3) is 17.4 Å².